The van der Waals surface area contributed by atoms with Gasteiger partial charge >= 0.3 is 18.1 Å². The van der Waals surface area contributed by atoms with Crippen molar-refractivity contribution in [2.24, 2.45) is 0 Å². The van der Waals surface area contributed by atoms with E-state index in [4.69, 9.17) is 4.84 Å². The fraction of sp³-hybridized carbons (Fsp3) is 0.556. The minimum atomic E-state index is -5.16. The van der Waals surface area contributed by atoms with Crippen molar-refractivity contribution in [1.29, 1.82) is 0 Å². The van der Waals surface area contributed by atoms with Crippen LogP contribution in [-0.2, 0) is 19.2 Å². The molecule has 0 N–H and O–H groups in total. The topological polar surface area (TPSA) is 84.0 Å². The van der Waals surface area contributed by atoms with E-state index in [0.29, 0.717) is 16.4 Å². The Morgan fingerprint density at radius 2 is 1.49 bits per heavy atom. The van der Waals surface area contributed by atoms with Crippen molar-refractivity contribution in [3.05, 3.63) is 42.0 Å². The number of hydrogen-bond acceptors (Lipinski definition) is 5. The molecule has 0 atom stereocenters. The molecule has 1 aliphatic rings. The number of imide groups is 1. The van der Waals surface area contributed by atoms with E-state index in [1.807, 2.05) is 12.2 Å². The first-order valence-electron chi connectivity index (χ1n) is 12.9. The van der Waals surface area contributed by atoms with Gasteiger partial charge in [-0.1, -0.05) is 69.7 Å². The summed E-state index contributed by atoms with van der Waals surface area (Å²) in [6, 6.07) is 5.15. The third kappa shape index (κ3) is 9.66. The van der Waals surface area contributed by atoms with Gasteiger partial charge in [0.25, 0.3) is 11.8 Å². The minimum Gasteiger partial charge on any atom is -0.325 e. The Morgan fingerprint density at radius 1 is 0.919 bits per heavy atom. The van der Waals surface area contributed by atoms with Crippen LogP contribution in [0.3, 0.4) is 0 Å². The summed E-state index contributed by atoms with van der Waals surface area (Å²) in [5, 5.41) is 0.311. The van der Waals surface area contributed by atoms with Crippen LogP contribution in [-0.4, -0.2) is 41.5 Å². The third-order valence-corrected chi connectivity index (χ3v) is 5.98. The van der Waals surface area contributed by atoms with Gasteiger partial charge in [-0.2, -0.15) is 13.2 Å². The number of alkyl halides is 3. The molecule has 10 heteroatoms. The van der Waals surface area contributed by atoms with Crippen molar-refractivity contribution in [1.82, 2.24) is 5.06 Å². The van der Waals surface area contributed by atoms with Crippen molar-refractivity contribution in [2.75, 3.05) is 11.4 Å². The Labute approximate surface area is 215 Å². The second kappa shape index (κ2) is 15.2. The molecule has 37 heavy (non-hydrogen) atoms. The Morgan fingerprint density at radius 3 is 2.11 bits per heavy atom. The maximum Gasteiger partial charge on any atom is 0.471 e. The predicted molar refractivity (Wildman–Crippen MR) is 132 cm³/mol. The molecule has 2 rings (SSSR count). The van der Waals surface area contributed by atoms with E-state index < -0.39 is 29.9 Å². The van der Waals surface area contributed by atoms with Crippen LogP contribution in [0, 0.1) is 0 Å². The van der Waals surface area contributed by atoms with E-state index in [9.17, 15) is 32.3 Å². The van der Waals surface area contributed by atoms with E-state index in [2.05, 4.69) is 6.92 Å². The van der Waals surface area contributed by atoms with Crippen LogP contribution in [0.4, 0.5) is 18.9 Å². The molecule has 3 amide bonds. The van der Waals surface area contributed by atoms with Crippen molar-refractivity contribution in [2.45, 2.75) is 90.1 Å². The number of halogens is 3. The smallest absolute Gasteiger partial charge is 0.325 e. The molecule has 0 bridgehead atoms. The summed E-state index contributed by atoms with van der Waals surface area (Å²) >= 11 is 0. The molecule has 1 aromatic rings. The number of unbranched alkanes of at least 4 members (excludes halogenated alkanes) is 8. The highest BCUT2D eigenvalue weighted by Crippen LogP contribution is 2.28. The SMILES string of the molecule is CCCCCCCCC/C=C/CCCN(C(=O)C(F)(F)F)c1ccccc1C(=O)ON1C(=O)CCC1=O. The fourth-order valence-electron chi connectivity index (χ4n) is 3.98. The highest BCUT2D eigenvalue weighted by atomic mass is 19.4. The first-order chi connectivity index (χ1) is 17.7. The zero-order valence-corrected chi connectivity index (χ0v) is 21.2. The summed E-state index contributed by atoms with van der Waals surface area (Å²) in [6.45, 7) is 1.89. The van der Waals surface area contributed by atoms with Gasteiger partial charge in [-0.05, 0) is 37.8 Å². The van der Waals surface area contributed by atoms with Crippen LogP contribution in [0.1, 0.15) is 94.3 Å². The molecule has 204 valence electrons. The third-order valence-electron chi connectivity index (χ3n) is 5.98. The zero-order valence-electron chi connectivity index (χ0n) is 21.2. The Balaban J connectivity index is 1.99. The van der Waals surface area contributed by atoms with Crippen molar-refractivity contribution >= 4 is 29.4 Å². The molecule has 0 saturated carbocycles. The number of allylic oxidation sites excluding steroid dienone is 2. The van der Waals surface area contributed by atoms with Gasteiger partial charge in [-0.3, -0.25) is 14.4 Å². The summed E-state index contributed by atoms with van der Waals surface area (Å²) < 4.78 is 40.1. The molecule has 0 unspecified atom stereocenters. The lowest BCUT2D eigenvalue weighted by molar-refractivity contribution is -0.172. The number of hydrogen-bond donors (Lipinski definition) is 0. The normalized spacial score (nSPS) is 14.0. The van der Waals surface area contributed by atoms with Crippen LogP contribution in [0.25, 0.3) is 0 Å². The van der Waals surface area contributed by atoms with Gasteiger partial charge in [0.15, 0.2) is 0 Å². The second-order valence-corrected chi connectivity index (χ2v) is 8.96. The standard InChI is InChI=1S/C27H35F3N2O5/c1-2-3-4-5-6-7-8-9-10-11-12-15-20-31(26(36)27(28,29)30)22-17-14-13-16-21(22)25(35)37-32-23(33)18-19-24(32)34/h10-11,13-14,16-17H,2-9,12,15,18-20H2,1H3/b11-10+. The lowest BCUT2D eigenvalue weighted by Gasteiger charge is -2.25. The van der Waals surface area contributed by atoms with Gasteiger partial charge in [0.05, 0.1) is 11.3 Å². The summed E-state index contributed by atoms with van der Waals surface area (Å²) in [7, 11) is 0. The summed E-state index contributed by atoms with van der Waals surface area (Å²) in [5.41, 5.74) is -0.664. The monoisotopic (exact) mass is 524 g/mol. The van der Waals surface area contributed by atoms with E-state index in [-0.39, 0.29) is 37.1 Å². The molecular weight excluding hydrogens is 489 g/mol. The lowest BCUT2D eigenvalue weighted by Crippen LogP contribution is -2.42. The molecule has 1 fully saturated rings. The Hall–Kier alpha value is -3.17. The molecule has 0 radical (unpaired) electrons. The summed E-state index contributed by atoms with van der Waals surface area (Å²) in [4.78, 5) is 53.8. The largest absolute Gasteiger partial charge is 0.471 e. The maximum absolute atomic E-state index is 13.4. The summed E-state index contributed by atoms with van der Waals surface area (Å²) in [6.07, 6.45) is 8.42. The van der Waals surface area contributed by atoms with Crippen LogP contribution >= 0.6 is 0 Å². The van der Waals surface area contributed by atoms with Gasteiger partial charge in [-0.25, -0.2) is 4.79 Å². The van der Waals surface area contributed by atoms with Gasteiger partial charge in [0.1, 0.15) is 0 Å². The van der Waals surface area contributed by atoms with Gasteiger partial charge in [0.2, 0.25) is 0 Å². The lowest BCUT2D eigenvalue weighted by atomic mass is 10.1. The van der Waals surface area contributed by atoms with Crippen molar-refractivity contribution < 1.29 is 37.2 Å². The van der Waals surface area contributed by atoms with E-state index >= 15 is 0 Å². The summed E-state index contributed by atoms with van der Waals surface area (Å²) in [5.74, 6) is -4.76. The van der Waals surface area contributed by atoms with Crippen LogP contribution < -0.4 is 4.90 Å². The number of para-hydroxylation sites is 1. The number of carbonyl (C=O) groups is 4. The number of hydroxylamine groups is 2. The van der Waals surface area contributed by atoms with Crippen molar-refractivity contribution in [3.8, 4) is 0 Å². The molecule has 0 aliphatic carbocycles. The van der Waals surface area contributed by atoms with Crippen LogP contribution in [0.15, 0.2) is 36.4 Å². The zero-order chi connectivity index (χ0) is 27.3. The molecule has 0 aromatic heterocycles. The maximum atomic E-state index is 13.4. The second-order valence-electron chi connectivity index (χ2n) is 8.96. The molecule has 1 aromatic carbocycles. The van der Waals surface area contributed by atoms with Crippen LogP contribution in [0.5, 0.6) is 0 Å². The van der Waals surface area contributed by atoms with E-state index in [1.165, 1.54) is 56.4 Å². The molecule has 0 spiro atoms. The number of carbonyl (C=O) groups excluding carboxylic acids is 4. The van der Waals surface area contributed by atoms with E-state index in [0.717, 1.165) is 19.3 Å². The van der Waals surface area contributed by atoms with Gasteiger partial charge < -0.3 is 9.74 Å². The van der Waals surface area contributed by atoms with Crippen LogP contribution in [0.2, 0.25) is 0 Å². The Kier molecular flexibility index (Phi) is 12.3. The van der Waals surface area contributed by atoms with Gasteiger partial charge in [-0.15, -0.1) is 5.06 Å². The highest BCUT2D eigenvalue weighted by molar-refractivity contribution is 6.06. The minimum absolute atomic E-state index is 0.126. The predicted octanol–water partition coefficient (Wildman–Crippen LogP) is 6.28. The average Bonchev–Trinajstić information content (AvgIpc) is 3.18. The molecule has 1 saturated heterocycles. The average molecular weight is 525 g/mol. The molecule has 7 nitrogen and oxygen atoms in total. The number of benzene rings is 1. The van der Waals surface area contributed by atoms with Gasteiger partial charge in [0, 0.05) is 19.4 Å². The number of nitrogens with zero attached hydrogens (tertiary/aromatic N) is 2. The first kappa shape index (κ1) is 30.1. The molecular formula is C27H35F3N2O5. The van der Waals surface area contributed by atoms with Crippen molar-refractivity contribution in [3.63, 3.8) is 0 Å². The first-order valence-corrected chi connectivity index (χ1v) is 12.9. The Bertz CT molecular complexity index is 946. The fourth-order valence-corrected chi connectivity index (χ4v) is 3.98. The number of rotatable bonds is 15. The number of anilines is 1. The molecule has 1 heterocycles. The number of amides is 3. The molecule has 1 aliphatic heterocycles. The van der Waals surface area contributed by atoms with E-state index in [1.54, 1.807) is 0 Å². The highest BCUT2D eigenvalue weighted by Gasteiger charge is 2.44. The quantitative estimate of drug-likeness (QED) is 0.153.